The first-order valence-corrected chi connectivity index (χ1v) is 10.9. The fourth-order valence-corrected chi connectivity index (χ4v) is 4.37. The molecule has 4 amide bonds. The smallest absolute Gasteiger partial charge is 0.327 e. The highest BCUT2D eigenvalue weighted by Crippen LogP contribution is 2.26. The van der Waals surface area contributed by atoms with Crippen LogP contribution in [0.1, 0.15) is 18.4 Å². The highest BCUT2D eigenvalue weighted by Gasteiger charge is 2.47. The Morgan fingerprint density at radius 3 is 2.72 bits per heavy atom. The lowest BCUT2D eigenvalue weighted by molar-refractivity contribution is -0.138. The van der Waals surface area contributed by atoms with Gasteiger partial charge in [-0.05, 0) is 55.3 Å². The monoisotopic (exact) mass is 456 g/mol. The molecule has 168 valence electrons. The lowest BCUT2D eigenvalue weighted by atomic mass is 9.93. The maximum atomic E-state index is 13.3. The molecule has 0 saturated carbocycles. The van der Waals surface area contributed by atoms with Crippen molar-refractivity contribution in [1.29, 1.82) is 0 Å². The molecule has 2 saturated heterocycles. The standard InChI is InChI=1S/C23H25ClN4O4/c1-32-18-9-7-15(8-10-18)13-28-22(30)21-19(6-3-11-25-21)27(23(28)31)14-20(29)26-17-5-2-4-16(24)12-17/h2,4-5,7-10,12,19,21,25H,3,6,11,13-14H2,1H3,(H,26,29). The van der Waals surface area contributed by atoms with Crippen LogP contribution in [0, 0.1) is 0 Å². The number of carbonyl (C=O) groups is 3. The lowest BCUT2D eigenvalue weighted by Crippen LogP contribution is -2.70. The molecular formula is C23H25ClN4O4. The Kier molecular flexibility index (Phi) is 6.62. The Morgan fingerprint density at radius 1 is 1.22 bits per heavy atom. The van der Waals surface area contributed by atoms with E-state index in [2.05, 4.69) is 10.6 Å². The fourth-order valence-electron chi connectivity index (χ4n) is 4.18. The molecule has 2 heterocycles. The minimum atomic E-state index is -0.529. The van der Waals surface area contributed by atoms with Crippen LogP contribution in [0.25, 0.3) is 0 Å². The molecule has 4 rings (SSSR count). The molecule has 9 heteroatoms. The summed E-state index contributed by atoms with van der Waals surface area (Å²) in [7, 11) is 1.58. The van der Waals surface area contributed by atoms with E-state index in [1.54, 1.807) is 43.5 Å². The van der Waals surface area contributed by atoms with E-state index in [-0.39, 0.29) is 30.9 Å². The second-order valence-electron chi connectivity index (χ2n) is 7.88. The number of fused-ring (bicyclic) bond motifs is 1. The maximum absolute atomic E-state index is 13.3. The summed E-state index contributed by atoms with van der Waals surface area (Å²) < 4.78 is 5.17. The van der Waals surface area contributed by atoms with Gasteiger partial charge in [0.15, 0.2) is 0 Å². The molecule has 0 bridgehead atoms. The number of hydrogen-bond donors (Lipinski definition) is 2. The highest BCUT2D eigenvalue weighted by atomic mass is 35.5. The number of urea groups is 1. The van der Waals surface area contributed by atoms with Gasteiger partial charge in [0.2, 0.25) is 11.8 Å². The minimum Gasteiger partial charge on any atom is -0.497 e. The summed E-state index contributed by atoms with van der Waals surface area (Å²) in [6.45, 7) is 0.666. The van der Waals surface area contributed by atoms with E-state index < -0.39 is 12.1 Å². The van der Waals surface area contributed by atoms with E-state index in [0.717, 1.165) is 12.0 Å². The van der Waals surface area contributed by atoms with Gasteiger partial charge in [-0.3, -0.25) is 14.5 Å². The van der Waals surface area contributed by atoms with Crippen LogP contribution in [-0.4, -0.2) is 59.9 Å². The summed E-state index contributed by atoms with van der Waals surface area (Å²) in [4.78, 5) is 41.9. The number of amides is 4. The zero-order valence-electron chi connectivity index (χ0n) is 17.7. The van der Waals surface area contributed by atoms with Gasteiger partial charge in [-0.15, -0.1) is 0 Å². The van der Waals surface area contributed by atoms with Gasteiger partial charge in [-0.1, -0.05) is 29.8 Å². The van der Waals surface area contributed by atoms with Crippen molar-refractivity contribution < 1.29 is 19.1 Å². The number of nitrogens with one attached hydrogen (secondary N) is 2. The van der Waals surface area contributed by atoms with Crippen molar-refractivity contribution in [2.24, 2.45) is 0 Å². The Labute approximate surface area is 191 Å². The molecule has 0 spiro atoms. The summed E-state index contributed by atoms with van der Waals surface area (Å²) in [5.41, 5.74) is 1.35. The first kappa shape index (κ1) is 22.1. The number of methoxy groups -OCH3 is 1. The number of benzene rings is 2. The van der Waals surface area contributed by atoms with Gasteiger partial charge >= 0.3 is 6.03 Å². The van der Waals surface area contributed by atoms with Crippen LogP contribution < -0.4 is 15.4 Å². The second kappa shape index (κ2) is 9.58. The molecule has 2 aliphatic rings. The summed E-state index contributed by atoms with van der Waals surface area (Å²) in [5, 5.41) is 6.52. The predicted molar refractivity (Wildman–Crippen MR) is 121 cm³/mol. The molecule has 8 nitrogen and oxygen atoms in total. The van der Waals surface area contributed by atoms with Gasteiger partial charge in [-0.25, -0.2) is 4.79 Å². The summed E-state index contributed by atoms with van der Waals surface area (Å²) in [6, 6.07) is 12.7. The quantitative estimate of drug-likeness (QED) is 0.697. The SMILES string of the molecule is COc1ccc(CN2C(=O)C3NCCCC3N(CC(=O)Nc3cccc(Cl)c3)C2=O)cc1. The topological polar surface area (TPSA) is 91.0 Å². The number of nitrogens with zero attached hydrogens (tertiary/aromatic N) is 2. The number of carbonyl (C=O) groups excluding carboxylic acids is 3. The van der Waals surface area contributed by atoms with E-state index in [0.29, 0.717) is 29.4 Å². The molecule has 2 N–H and O–H groups in total. The number of piperidine rings is 1. The van der Waals surface area contributed by atoms with Crippen molar-refractivity contribution in [2.75, 3.05) is 25.5 Å². The lowest BCUT2D eigenvalue weighted by Gasteiger charge is -2.46. The van der Waals surface area contributed by atoms with Crippen LogP contribution >= 0.6 is 11.6 Å². The number of anilines is 1. The van der Waals surface area contributed by atoms with Crippen molar-refractivity contribution in [3.05, 3.63) is 59.1 Å². The van der Waals surface area contributed by atoms with E-state index in [4.69, 9.17) is 16.3 Å². The van der Waals surface area contributed by atoms with E-state index in [9.17, 15) is 14.4 Å². The van der Waals surface area contributed by atoms with E-state index >= 15 is 0 Å². The summed E-state index contributed by atoms with van der Waals surface area (Å²) in [6.07, 6.45) is 1.49. The largest absolute Gasteiger partial charge is 0.497 e. The van der Waals surface area contributed by atoms with Crippen LogP contribution in [0.4, 0.5) is 10.5 Å². The van der Waals surface area contributed by atoms with Gasteiger partial charge in [0.05, 0.1) is 19.7 Å². The van der Waals surface area contributed by atoms with Crippen molar-refractivity contribution in [3.8, 4) is 5.75 Å². The van der Waals surface area contributed by atoms with Gasteiger partial charge in [0.1, 0.15) is 18.3 Å². The number of rotatable bonds is 6. The zero-order chi connectivity index (χ0) is 22.7. The summed E-state index contributed by atoms with van der Waals surface area (Å²) >= 11 is 5.99. The van der Waals surface area contributed by atoms with Gasteiger partial charge in [0.25, 0.3) is 0 Å². The molecule has 2 fully saturated rings. The van der Waals surface area contributed by atoms with Crippen molar-refractivity contribution in [1.82, 2.24) is 15.1 Å². The Morgan fingerprint density at radius 2 is 2.00 bits per heavy atom. The molecule has 0 radical (unpaired) electrons. The molecule has 2 aromatic carbocycles. The van der Waals surface area contributed by atoms with Gasteiger partial charge < -0.3 is 20.3 Å². The molecule has 2 unspecified atom stereocenters. The average molecular weight is 457 g/mol. The Balaban J connectivity index is 1.53. The Bertz CT molecular complexity index is 1010. The maximum Gasteiger partial charge on any atom is 0.327 e. The minimum absolute atomic E-state index is 0.124. The van der Waals surface area contributed by atoms with Crippen molar-refractivity contribution in [3.63, 3.8) is 0 Å². The molecule has 0 aliphatic carbocycles. The van der Waals surface area contributed by atoms with E-state index in [1.165, 1.54) is 9.80 Å². The van der Waals surface area contributed by atoms with E-state index in [1.807, 2.05) is 12.1 Å². The molecular weight excluding hydrogens is 432 g/mol. The van der Waals surface area contributed by atoms with Crippen LogP contribution in [0.15, 0.2) is 48.5 Å². The second-order valence-corrected chi connectivity index (χ2v) is 8.32. The van der Waals surface area contributed by atoms with Gasteiger partial charge in [-0.2, -0.15) is 0 Å². The number of hydrogen-bond acceptors (Lipinski definition) is 5. The Hall–Kier alpha value is -3.10. The van der Waals surface area contributed by atoms with Crippen LogP contribution in [0.5, 0.6) is 5.75 Å². The molecule has 0 aromatic heterocycles. The van der Waals surface area contributed by atoms with Crippen molar-refractivity contribution in [2.45, 2.75) is 31.5 Å². The third kappa shape index (κ3) is 4.71. The van der Waals surface area contributed by atoms with Crippen LogP contribution in [0.2, 0.25) is 5.02 Å². The van der Waals surface area contributed by atoms with Crippen LogP contribution in [-0.2, 0) is 16.1 Å². The third-order valence-corrected chi connectivity index (χ3v) is 5.99. The fraction of sp³-hybridized carbons (Fsp3) is 0.348. The number of ether oxygens (including phenoxy) is 1. The number of halogens is 1. The zero-order valence-corrected chi connectivity index (χ0v) is 18.5. The van der Waals surface area contributed by atoms with Crippen LogP contribution in [0.3, 0.4) is 0 Å². The third-order valence-electron chi connectivity index (χ3n) is 5.76. The van der Waals surface area contributed by atoms with Crippen molar-refractivity contribution >= 4 is 35.1 Å². The average Bonchev–Trinajstić information content (AvgIpc) is 2.80. The highest BCUT2D eigenvalue weighted by molar-refractivity contribution is 6.30. The first-order chi connectivity index (χ1) is 15.5. The molecule has 32 heavy (non-hydrogen) atoms. The molecule has 2 atom stereocenters. The molecule has 2 aliphatic heterocycles. The summed E-state index contributed by atoms with van der Waals surface area (Å²) in [5.74, 6) is 0.0871. The first-order valence-electron chi connectivity index (χ1n) is 10.5. The predicted octanol–water partition coefficient (Wildman–Crippen LogP) is 2.87. The number of imide groups is 1. The van der Waals surface area contributed by atoms with Gasteiger partial charge in [0, 0.05) is 10.7 Å². The molecule has 2 aromatic rings. The normalized spacial score (nSPS) is 20.7.